The standard InChI is InChI=1S/C26H23ClN2O2/c1-15-8-13-21(14-17(15)3)29-25(30)23(19-9-11-20(27)12-10-19)24(26(29)31)28-22-7-5-6-16(2)18(22)4/h5-14,28H,1-4H3. The molecule has 1 N–H and O–H groups in total. The summed E-state index contributed by atoms with van der Waals surface area (Å²) in [6.07, 6.45) is 0. The van der Waals surface area contributed by atoms with E-state index >= 15 is 0 Å². The van der Waals surface area contributed by atoms with Gasteiger partial charge in [-0.1, -0.05) is 41.9 Å². The van der Waals surface area contributed by atoms with Gasteiger partial charge in [0.25, 0.3) is 11.8 Å². The number of rotatable bonds is 4. The molecule has 0 unspecified atom stereocenters. The van der Waals surface area contributed by atoms with E-state index in [4.69, 9.17) is 11.6 Å². The molecule has 156 valence electrons. The van der Waals surface area contributed by atoms with Crippen molar-refractivity contribution in [1.82, 2.24) is 0 Å². The van der Waals surface area contributed by atoms with Gasteiger partial charge in [0.15, 0.2) is 0 Å². The van der Waals surface area contributed by atoms with Crippen molar-refractivity contribution in [2.45, 2.75) is 27.7 Å². The Morgan fingerprint density at radius 2 is 1.48 bits per heavy atom. The minimum Gasteiger partial charge on any atom is -0.350 e. The van der Waals surface area contributed by atoms with Crippen LogP contribution in [0, 0.1) is 27.7 Å². The first-order valence-electron chi connectivity index (χ1n) is 10.1. The van der Waals surface area contributed by atoms with Crippen molar-refractivity contribution < 1.29 is 9.59 Å². The second-order valence-corrected chi connectivity index (χ2v) is 8.28. The van der Waals surface area contributed by atoms with Crippen molar-refractivity contribution in [3.63, 3.8) is 0 Å². The van der Waals surface area contributed by atoms with Gasteiger partial charge in [-0.05, 0) is 85.8 Å². The Labute approximate surface area is 187 Å². The Hall–Kier alpha value is -3.37. The average Bonchev–Trinajstić information content (AvgIpc) is 2.98. The predicted octanol–water partition coefficient (Wildman–Crippen LogP) is 5.97. The number of amides is 2. The minimum atomic E-state index is -0.376. The fourth-order valence-corrected chi connectivity index (χ4v) is 3.78. The highest BCUT2D eigenvalue weighted by molar-refractivity contribution is 6.46. The molecule has 4 rings (SSSR count). The molecule has 1 aliphatic heterocycles. The van der Waals surface area contributed by atoms with Crippen molar-refractivity contribution >= 4 is 40.4 Å². The Morgan fingerprint density at radius 1 is 0.774 bits per heavy atom. The molecule has 0 saturated carbocycles. The summed E-state index contributed by atoms with van der Waals surface area (Å²) < 4.78 is 0. The van der Waals surface area contributed by atoms with Gasteiger partial charge in [-0.3, -0.25) is 9.59 Å². The lowest BCUT2D eigenvalue weighted by Gasteiger charge is -2.17. The van der Waals surface area contributed by atoms with E-state index in [9.17, 15) is 9.59 Å². The van der Waals surface area contributed by atoms with Crippen molar-refractivity contribution in [3.05, 3.63) is 99.2 Å². The number of carbonyl (C=O) groups is 2. The summed E-state index contributed by atoms with van der Waals surface area (Å²) in [6.45, 7) is 7.96. The fraction of sp³-hybridized carbons (Fsp3) is 0.154. The number of benzene rings is 3. The van der Waals surface area contributed by atoms with Gasteiger partial charge >= 0.3 is 0 Å². The lowest BCUT2D eigenvalue weighted by molar-refractivity contribution is -0.120. The number of imide groups is 1. The zero-order chi connectivity index (χ0) is 22.3. The topological polar surface area (TPSA) is 49.4 Å². The number of halogens is 1. The third-order valence-electron chi connectivity index (χ3n) is 5.83. The SMILES string of the molecule is Cc1ccc(N2C(=O)C(Nc3cccc(C)c3C)=C(c3ccc(Cl)cc3)C2=O)cc1C. The lowest BCUT2D eigenvalue weighted by atomic mass is 10.0. The van der Waals surface area contributed by atoms with Crippen LogP contribution in [0.5, 0.6) is 0 Å². The lowest BCUT2D eigenvalue weighted by Crippen LogP contribution is -2.32. The third kappa shape index (κ3) is 3.75. The molecule has 0 spiro atoms. The molecule has 0 fully saturated rings. The molecule has 4 nitrogen and oxygen atoms in total. The Kier molecular flexibility index (Phi) is 5.42. The van der Waals surface area contributed by atoms with Gasteiger partial charge in [-0.15, -0.1) is 0 Å². The highest BCUT2D eigenvalue weighted by Crippen LogP contribution is 2.35. The number of aryl methyl sites for hydroxylation is 3. The van der Waals surface area contributed by atoms with Gasteiger partial charge in [0.1, 0.15) is 5.70 Å². The molecule has 0 aliphatic carbocycles. The minimum absolute atomic E-state index is 0.263. The smallest absolute Gasteiger partial charge is 0.282 e. The van der Waals surface area contributed by atoms with Crippen LogP contribution >= 0.6 is 11.6 Å². The summed E-state index contributed by atoms with van der Waals surface area (Å²) in [7, 11) is 0. The van der Waals surface area contributed by atoms with Gasteiger partial charge in [0, 0.05) is 10.7 Å². The average molecular weight is 431 g/mol. The zero-order valence-electron chi connectivity index (χ0n) is 17.9. The highest BCUT2D eigenvalue weighted by Gasteiger charge is 2.40. The van der Waals surface area contributed by atoms with Crippen LogP contribution in [0.15, 0.2) is 66.4 Å². The summed E-state index contributed by atoms with van der Waals surface area (Å²) in [4.78, 5) is 28.3. The van der Waals surface area contributed by atoms with Crippen molar-refractivity contribution in [3.8, 4) is 0 Å². The largest absolute Gasteiger partial charge is 0.350 e. The highest BCUT2D eigenvalue weighted by atomic mass is 35.5. The number of hydrogen-bond acceptors (Lipinski definition) is 3. The maximum absolute atomic E-state index is 13.5. The number of nitrogens with one attached hydrogen (secondary N) is 1. The van der Waals surface area contributed by atoms with E-state index in [1.807, 2.05) is 58.0 Å². The second kappa shape index (κ2) is 8.05. The van der Waals surface area contributed by atoms with Crippen LogP contribution in [0.1, 0.15) is 27.8 Å². The summed E-state index contributed by atoms with van der Waals surface area (Å²) >= 11 is 6.05. The molecule has 0 radical (unpaired) electrons. The Morgan fingerprint density at radius 3 is 2.16 bits per heavy atom. The molecule has 0 bridgehead atoms. The van der Waals surface area contributed by atoms with Crippen molar-refractivity contribution in [1.29, 1.82) is 0 Å². The van der Waals surface area contributed by atoms with Crippen LogP contribution in [0.3, 0.4) is 0 Å². The number of hydrogen-bond donors (Lipinski definition) is 1. The van der Waals surface area contributed by atoms with Crippen LogP contribution in [0.25, 0.3) is 5.57 Å². The first-order chi connectivity index (χ1) is 14.8. The van der Waals surface area contributed by atoms with Gasteiger partial charge in [-0.25, -0.2) is 4.90 Å². The first-order valence-corrected chi connectivity index (χ1v) is 10.4. The Balaban J connectivity index is 1.85. The van der Waals surface area contributed by atoms with Gasteiger partial charge < -0.3 is 5.32 Å². The molecule has 0 saturated heterocycles. The third-order valence-corrected chi connectivity index (χ3v) is 6.08. The molecule has 0 aromatic heterocycles. The summed E-state index contributed by atoms with van der Waals surface area (Å²) in [5, 5.41) is 3.82. The van der Waals surface area contributed by atoms with Crippen LogP contribution in [0.2, 0.25) is 5.02 Å². The van der Waals surface area contributed by atoms with Crippen molar-refractivity contribution in [2.24, 2.45) is 0 Å². The van der Waals surface area contributed by atoms with E-state index in [1.54, 1.807) is 30.3 Å². The van der Waals surface area contributed by atoms with Crippen LogP contribution in [0.4, 0.5) is 11.4 Å². The van der Waals surface area contributed by atoms with Gasteiger partial charge in [0.05, 0.1) is 11.3 Å². The van der Waals surface area contributed by atoms with Crippen LogP contribution in [-0.2, 0) is 9.59 Å². The number of anilines is 2. The van der Waals surface area contributed by atoms with E-state index in [0.29, 0.717) is 21.8 Å². The maximum atomic E-state index is 13.5. The van der Waals surface area contributed by atoms with E-state index in [2.05, 4.69) is 5.32 Å². The molecular weight excluding hydrogens is 408 g/mol. The molecule has 0 atom stereocenters. The van der Waals surface area contributed by atoms with Gasteiger partial charge in [-0.2, -0.15) is 0 Å². The van der Waals surface area contributed by atoms with Crippen LogP contribution < -0.4 is 10.2 Å². The Bertz CT molecular complexity index is 1240. The zero-order valence-corrected chi connectivity index (χ0v) is 18.7. The number of carbonyl (C=O) groups excluding carboxylic acids is 2. The van der Waals surface area contributed by atoms with E-state index in [0.717, 1.165) is 27.9 Å². The number of nitrogens with zero attached hydrogens (tertiary/aromatic N) is 1. The van der Waals surface area contributed by atoms with E-state index in [-0.39, 0.29) is 17.5 Å². The van der Waals surface area contributed by atoms with Gasteiger partial charge in [0.2, 0.25) is 0 Å². The molecule has 2 amide bonds. The molecule has 31 heavy (non-hydrogen) atoms. The fourth-order valence-electron chi connectivity index (χ4n) is 3.65. The predicted molar refractivity (Wildman–Crippen MR) is 126 cm³/mol. The van der Waals surface area contributed by atoms with Crippen molar-refractivity contribution in [2.75, 3.05) is 10.2 Å². The van der Waals surface area contributed by atoms with E-state index in [1.165, 1.54) is 4.90 Å². The molecule has 5 heteroatoms. The monoisotopic (exact) mass is 430 g/mol. The van der Waals surface area contributed by atoms with Crippen LogP contribution in [-0.4, -0.2) is 11.8 Å². The molecule has 3 aromatic carbocycles. The molecule has 1 heterocycles. The second-order valence-electron chi connectivity index (χ2n) is 7.84. The maximum Gasteiger partial charge on any atom is 0.282 e. The quantitative estimate of drug-likeness (QED) is 0.518. The first kappa shape index (κ1) is 20.9. The molecule has 1 aliphatic rings. The summed E-state index contributed by atoms with van der Waals surface area (Å²) in [5.74, 6) is -0.734. The normalized spacial score (nSPS) is 13.9. The van der Waals surface area contributed by atoms with E-state index < -0.39 is 0 Å². The molecular formula is C26H23ClN2O2. The summed E-state index contributed by atoms with van der Waals surface area (Å²) in [6, 6.07) is 18.4. The summed E-state index contributed by atoms with van der Waals surface area (Å²) in [5.41, 5.74) is 6.83. The molecule has 3 aromatic rings.